The van der Waals surface area contributed by atoms with E-state index in [-0.39, 0.29) is 5.92 Å². The molecule has 2 aromatic carbocycles. The van der Waals surface area contributed by atoms with Gasteiger partial charge in [-0.1, -0.05) is 43.3 Å². The summed E-state index contributed by atoms with van der Waals surface area (Å²) in [6, 6.07) is 20.2. The Morgan fingerprint density at radius 2 is 1.82 bits per heavy atom. The summed E-state index contributed by atoms with van der Waals surface area (Å²) in [5.74, 6) is 1.99. The van der Waals surface area contributed by atoms with Gasteiger partial charge >= 0.3 is 0 Å². The van der Waals surface area contributed by atoms with Crippen molar-refractivity contribution in [1.82, 2.24) is 0 Å². The number of para-hydroxylation sites is 1. The van der Waals surface area contributed by atoms with Gasteiger partial charge in [-0.05, 0) is 35.2 Å². The van der Waals surface area contributed by atoms with Crippen LogP contribution in [0.5, 0.6) is 11.5 Å². The molecule has 3 aromatic rings. The fourth-order valence-corrected chi connectivity index (χ4v) is 3.44. The number of nitrogens with two attached hydrogens (primary N) is 1. The highest BCUT2D eigenvalue weighted by atomic mass is 32.1. The number of benzene rings is 2. The van der Waals surface area contributed by atoms with Gasteiger partial charge in [-0.15, -0.1) is 11.3 Å². The first-order valence-electron chi connectivity index (χ1n) is 7.37. The van der Waals surface area contributed by atoms with Crippen molar-refractivity contribution in [2.24, 2.45) is 5.73 Å². The molecule has 2 nitrogen and oxygen atoms in total. The van der Waals surface area contributed by atoms with Gasteiger partial charge in [0.25, 0.3) is 0 Å². The quantitative estimate of drug-likeness (QED) is 0.707. The van der Waals surface area contributed by atoms with Gasteiger partial charge in [0, 0.05) is 22.9 Å². The number of thiophene rings is 1. The van der Waals surface area contributed by atoms with Crippen molar-refractivity contribution in [2.45, 2.75) is 19.4 Å². The normalized spacial score (nSPS) is 12.1. The fraction of sp³-hybridized carbons (Fsp3) is 0.158. The molecule has 22 heavy (non-hydrogen) atoms. The van der Waals surface area contributed by atoms with Gasteiger partial charge in [0.15, 0.2) is 0 Å². The van der Waals surface area contributed by atoms with Crippen LogP contribution in [0.1, 0.15) is 28.8 Å². The van der Waals surface area contributed by atoms with Crippen LogP contribution in [0.2, 0.25) is 0 Å². The predicted molar refractivity (Wildman–Crippen MR) is 92.7 cm³/mol. The number of ether oxygens (including phenoxy) is 1. The molecule has 2 N–H and O–H groups in total. The van der Waals surface area contributed by atoms with Crippen LogP contribution in [0.3, 0.4) is 0 Å². The van der Waals surface area contributed by atoms with Gasteiger partial charge in [0.1, 0.15) is 11.5 Å². The molecule has 0 saturated carbocycles. The fourth-order valence-electron chi connectivity index (χ4n) is 2.64. The Kier molecular flexibility index (Phi) is 4.56. The third-order valence-corrected chi connectivity index (χ3v) is 4.81. The molecule has 1 aromatic heterocycles. The Bertz CT molecular complexity index is 722. The Morgan fingerprint density at radius 3 is 2.50 bits per heavy atom. The molecule has 3 rings (SSSR count). The van der Waals surface area contributed by atoms with Crippen molar-refractivity contribution >= 4 is 11.3 Å². The first-order valence-corrected chi connectivity index (χ1v) is 8.25. The van der Waals surface area contributed by atoms with Crippen molar-refractivity contribution in [3.8, 4) is 11.5 Å². The van der Waals surface area contributed by atoms with Crippen LogP contribution < -0.4 is 10.5 Å². The minimum Gasteiger partial charge on any atom is -0.457 e. The van der Waals surface area contributed by atoms with Gasteiger partial charge in [-0.25, -0.2) is 0 Å². The maximum atomic E-state index is 6.12. The second-order valence-electron chi connectivity index (χ2n) is 5.19. The summed E-state index contributed by atoms with van der Waals surface area (Å²) in [5, 5.41) is 2.11. The average molecular weight is 309 g/mol. The van der Waals surface area contributed by atoms with E-state index in [1.165, 1.54) is 10.4 Å². The lowest BCUT2D eigenvalue weighted by atomic mass is 9.93. The molecule has 1 heterocycles. The van der Waals surface area contributed by atoms with E-state index in [9.17, 15) is 0 Å². The first kappa shape index (κ1) is 14.8. The van der Waals surface area contributed by atoms with Crippen molar-refractivity contribution in [2.75, 3.05) is 0 Å². The van der Waals surface area contributed by atoms with E-state index in [0.29, 0.717) is 6.54 Å². The van der Waals surface area contributed by atoms with Crippen LogP contribution in [0, 0.1) is 0 Å². The van der Waals surface area contributed by atoms with Crippen molar-refractivity contribution in [3.05, 3.63) is 82.0 Å². The number of hydrogen-bond acceptors (Lipinski definition) is 3. The highest BCUT2D eigenvalue weighted by molar-refractivity contribution is 7.10. The molecular weight excluding hydrogens is 290 g/mol. The van der Waals surface area contributed by atoms with Gasteiger partial charge in [-0.2, -0.15) is 0 Å². The van der Waals surface area contributed by atoms with E-state index in [1.807, 2.05) is 42.5 Å². The van der Waals surface area contributed by atoms with E-state index in [2.05, 4.69) is 30.5 Å². The lowest BCUT2D eigenvalue weighted by Gasteiger charge is -2.19. The molecule has 0 aliphatic rings. The third-order valence-electron chi connectivity index (χ3n) is 3.75. The highest BCUT2D eigenvalue weighted by Gasteiger charge is 2.18. The molecule has 112 valence electrons. The zero-order valence-electron chi connectivity index (χ0n) is 12.5. The maximum Gasteiger partial charge on any atom is 0.131 e. The minimum atomic E-state index is 0.262. The molecule has 0 saturated heterocycles. The summed E-state index contributed by atoms with van der Waals surface area (Å²) in [6.07, 6.45) is 0. The van der Waals surface area contributed by atoms with Crippen molar-refractivity contribution < 1.29 is 4.74 Å². The topological polar surface area (TPSA) is 35.2 Å². The molecule has 0 amide bonds. The smallest absolute Gasteiger partial charge is 0.131 e. The summed E-state index contributed by atoms with van der Waals surface area (Å²) < 4.78 is 6.12. The zero-order valence-corrected chi connectivity index (χ0v) is 13.3. The van der Waals surface area contributed by atoms with E-state index in [0.717, 1.165) is 17.1 Å². The zero-order chi connectivity index (χ0) is 15.4. The van der Waals surface area contributed by atoms with E-state index >= 15 is 0 Å². The van der Waals surface area contributed by atoms with Crippen LogP contribution in [-0.2, 0) is 6.54 Å². The summed E-state index contributed by atoms with van der Waals surface area (Å²) in [6.45, 7) is 2.72. The molecule has 0 spiro atoms. The maximum absolute atomic E-state index is 6.12. The summed E-state index contributed by atoms with van der Waals surface area (Å²) in [7, 11) is 0. The molecular formula is C19H19NOS. The Morgan fingerprint density at radius 1 is 1.00 bits per heavy atom. The molecule has 0 bridgehead atoms. The minimum absolute atomic E-state index is 0.262. The van der Waals surface area contributed by atoms with Gasteiger partial charge in [0.2, 0.25) is 0 Å². The lowest BCUT2D eigenvalue weighted by molar-refractivity contribution is 0.473. The summed E-state index contributed by atoms with van der Waals surface area (Å²) in [5.41, 5.74) is 8.26. The molecule has 0 fully saturated rings. The van der Waals surface area contributed by atoms with Crippen LogP contribution in [-0.4, -0.2) is 0 Å². The van der Waals surface area contributed by atoms with Crippen molar-refractivity contribution in [3.63, 3.8) is 0 Å². The van der Waals surface area contributed by atoms with Gasteiger partial charge in [-0.3, -0.25) is 0 Å². The van der Waals surface area contributed by atoms with Crippen LogP contribution in [0.4, 0.5) is 0 Å². The molecule has 0 aliphatic heterocycles. The SMILES string of the molecule is CC(c1cccs1)c1c(CN)cccc1Oc1ccccc1. The monoisotopic (exact) mass is 309 g/mol. The molecule has 0 radical (unpaired) electrons. The standard InChI is InChI=1S/C19H19NOS/c1-14(18-11-6-12-22-18)19-15(13-20)7-5-10-17(19)21-16-8-3-2-4-9-16/h2-12,14H,13,20H2,1H3. The molecule has 1 atom stereocenters. The molecule has 1 unspecified atom stereocenters. The first-order chi connectivity index (χ1) is 10.8. The predicted octanol–water partition coefficient (Wildman–Crippen LogP) is 5.15. The van der Waals surface area contributed by atoms with Crippen LogP contribution >= 0.6 is 11.3 Å². The van der Waals surface area contributed by atoms with Crippen LogP contribution in [0.15, 0.2) is 66.0 Å². The van der Waals surface area contributed by atoms with E-state index in [1.54, 1.807) is 11.3 Å². The summed E-state index contributed by atoms with van der Waals surface area (Å²) in [4.78, 5) is 1.32. The third kappa shape index (κ3) is 3.06. The van der Waals surface area contributed by atoms with E-state index in [4.69, 9.17) is 10.5 Å². The van der Waals surface area contributed by atoms with Crippen molar-refractivity contribution in [1.29, 1.82) is 0 Å². The Labute approximate surface area is 135 Å². The Balaban J connectivity index is 2.03. The Hall–Kier alpha value is -2.10. The highest BCUT2D eigenvalue weighted by Crippen LogP contribution is 2.38. The van der Waals surface area contributed by atoms with E-state index < -0.39 is 0 Å². The molecule has 0 aliphatic carbocycles. The number of hydrogen-bond donors (Lipinski definition) is 1. The van der Waals surface area contributed by atoms with Gasteiger partial charge < -0.3 is 10.5 Å². The number of rotatable bonds is 5. The second-order valence-corrected chi connectivity index (χ2v) is 6.16. The lowest BCUT2D eigenvalue weighted by Crippen LogP contribution is -2.06. The van der Waals surface area contributed by atoms with Crippen LogP contribution in [0.25, 0.3) is 0 Å². The largest absolute Gasteiger partial charge is 0.457 e. The average Bonchev–Trinajstić information content (AvgIpc) is 3.09. The summed E-state index contributed by atoms with van der Waals surface area (Å²) >= 11 is 1.76. The molecule has 3 heteroatoms. The van der Waals surface area contributed by atoms with Gasteiger partial charge in [0.05, 0.1) is 0 Å². The second kappa shape index (κ2) is 6.77.